The number of aliphatic hydroxyl groups is 5. The van der Waals surface area contributed by atoms with E-state index in [1.165, 1.54) is 19.1 Å². The predicted octanol–water partition coefficient (Wildman–Crippen LogP) is -3.18. The van der Waals surface area contributed by atoms with Crippen LogP contribution < -0.4 is 11.5 Å². The minimum Gasteiger partial charge on any atom is -0.508 e. The highest BCUT2D eigenvalue weighted by Crippen LogP contribution is 2.10. The van der Waals surface area contributed by atoms with Crippen molar-refractivity contribution in [2.75, 3.05) is 13.2 Å². The van der Waals surface area contributed by atoms with Crippen molar-refractivity contribution >= 4 is 11.9 Å². The molecule has 0 aromatic heterocycles. The lowest BCUT2D eigenvalue weighted by Crippen LogP contribution is -2.39. The van der Waals surface area contributed by atoms with Gasteiger partial charge < -0.3 is 52.3 Å². The summed E-state index contributed by atoms with van der Waals surface area (Å²) >= 11 is 0. The van der Waals surface area contributed by atoms with Crippen molar-refractivity contribution < 1.29 is 50.4 Å². The number of benzene rings is 1. The Balaban J connectivity index is 0. The third kappa shape index (κ3) is 14.3. The molecule has 5 atom stereocenters. The van der Waals surface area contributed by atoms with Gasteiger partial charge in [-0.1, -0.05) is 12.1 Å². The summed E-state index contributed by atoms with van der Waals surface area (Å²) < 4.78 is 0. The van der Waals surface area contributed by atoms with Gasteiger partial charge in [-0.2, -0.15) is 0 Å². The summed E-state index contributed by atoms with van der Waals surface area (Å²) in [4.78, 5) is 20.3. The first-order chi connectivity index (χ1) is 13.4. The monoisotopic (exact) mass is 422 g/mol. The lowest BCUT2D eigenvalue weighted by Gasteiger charge is -2.10. The zero-order valence-corrected chi connectivity index (χ0v) is 15.9. The molecule has 12 heteroatoms. The maximum Gasteiger partial charge on any atom is 0.323 e. The Kier molecular flexibility index (Phi) is 15.5. The van der Waals surface area contributed by atoms with E-state index in [0.717, 1.165) is 5.56 Å². The lowest BCUT2D eigenvalue weighted by molar-refractivity contribution is -0.141. The molecule has 0 aliphatic carbocycles. The highest BCUT2D eigenvalue weighted by atomic mass is 16.4. The predicted molar refractivity (Wildman–Crippen MR) is 101 cm³/mol. The number of aliphatic hydroxyl groups excluding tert-OH is 5. The Morgan fingerprint density at radius 3 is 1.55 bits per heavy atom. The summed E-state index contributed by atoms with van der Waals surface area (Å²) in [5.74, 6) is -2.04. The highest BCUT2D eigenvalue weighted by molar-refractivity contribution is 5.74. The molecule has 0 saturated heterocycles. The van der Waals surface area contributed by atoms with Crippen LogP contribution in [-0.4, -0.2) is 96.4 Å². The Morgan fingerprint density at radius 2 is 1.31 bits per heavy atom. The molecule has 0 aliphatic rings. The number of phenols is 1. The molecule has 0 spiro atoms. The number of aliphatic carboxylic acids is 2. The molecule has 12 nitrogen and oxygen atoms in total. The summed E-state index contributed by atoms with van der Waals surface area (Å²) in [6.45, 7) is 0.280. The van der Waals surface area contributed by atoms with Crippen molar-refractivity contribution in [1.29, 1.82) is 0 Å². The molecule has 168 valence electrons. The second kappa shape index (κ2) is 15.6. The van der Waals surface area contributed by atoms with Gasteiger partial charge in [-0.25, -0.2) is 0 Å². The van der Waals surface area contributed by atoms with Gasteiger partial charge in [-0.15, -0.1) is 0 Å². The van der Waals surface area contributed by atoms with Crippen LogP contribution in [0.2, 0.25) is 0 Å². The molecular weight excluding hydrogens is 392 g/mol. The number of carboxylic acid groups (broad SMARTS) is 2. The molecule has 3 unspecified atom stereocenters. The average Bonchev–Trinajstić information content (AvgIpc) is 2.68. The zero-order chi connectivity index (χ0) is 23.1. The van der Waals surface area contributed by atoms with Crippen molar-refractivity contribution in [2.45, 2.75) is 43.7 Å². The van der Waals surface area contributed by atoms with E-state index in [4.69, 9.17) is 52.3 Å². The smallest absolute Gasteiger partial charge is 0.323 e. The van der Waals surface area contributed by atoms with Crippen LogP contribution in [0, 0.1) is 0 Å². The number of nitrogens with two attached hydrogens (primary N) is 2. The van der Waals surface area contributed by atoms with Gasteiger partial charge >= 0.3 is 11.9 Å². The molecule has 0 aliphatic heterocycles. The molecule has 0 fully saturated rings. The van der Waals surface area contributed by atoms with Crippen molar-refractivity contribution in [3.8, 4) is 5.75 Å². The van der Waals surface area contributed by atoms with Gasteiger partial charge in [-0.3, -0.25) is 9.59 Å². The van der Waals surface area contributed by atoms with Crippen LogP contribution in [0.3, 0.4) is 0 Å². The first-order valence-electron chi connectivity index (χ1n) is 8.37. The second-order valence-electron chi connectivity index (χ2n) is 5.92. The fourth-order valence-corrected chi connectivity index (χ4v) is 1.42. The number of hydrogen-bond acceptors (Lipinski definition) is 10. The number of carbonyl (C=O) groups is 2. The third-order valence-electron chi connectivity index (χ3n) is 3.33. The van der Waals surface area contributed by atoms with Crippen molar-refractivity contribution in [3.63, 3.8) is 0 Å². The number of aromatic hydroxyl groups is 1. The Bertz CT molecular complexity index is 574. The summed E-state index contributed by atoms with van der Waals surface area (Å²) in [7, 11) is 0. The Morgan fingerprint density at radius 1 is 0.897 bits per heavy atom. The minimum atomic E-state index is -1.22. The molecule has 1 rings (SSSR count). The highest BCUT2D eigenvalue weighted by Gasteiger charge is 2.16. The number of rotatable bonds is 8. The van der Waals surface area contributed by atoms with Crippen LogP contribution in [0.15, 0.2) is 24.3 Å². The maximum absolute atomic E-state index is 10.4. The second-order valence-corrected chi connectivity index (χ2v) is 5.92. The van der Waals surface area contributed by atoms with E-state index in [9.17, 15) is 9.59 Å². The Hall–Kier alpha value is -2.32. The molecule has 1 aromatic carbocycles. The van der Waals surface area contributed by atoms with Crippen LogP contribution in [0.4, 0.5) is 0 Å². The third-order valence-corrected chi connectivity index (χ3v) is 3.33. The van der Waals surface area contributed by atoms with E-state index in [1.54, 1.807) is 12.1 Å². The Labute approximate surface area is 167 Å². The molecule has 0 amide bonds. The fraction of sp³-hybridized carbons (Fsp3) is 0.529. The quantitative estimate of drug-likeness (QED) is 0.199. The normalized spacial score (nSPS) is 15.3. The molecule has 0 radical (unpaired) electrons. The lowest BCUT2D eigenvalue weighted by atomic mass is 10.1. The summed E-state index contributed by atoms with van der Waals surface area (Å²) in [6, 6.07) is 4.27. The van der Waals surface area contributed by atoms with Crippen LogP contribution in [0.25, 0.3) is 0 Å². The molecule has 29 heavy (non-hydrogen) atoms. The van der Waals surface area contributed by atoms with E-state index < -0.39 is 55.5 Å². The standard InChI is InChI=1S/C9H11NO3.C4H9NO3.C4H10O4/c10-8(9(12)13)5-6-1-3-7(11)4-2-6;1-2(6)3(5)4(7)8;5-1-3(7)4(8)2-6/h1-4,8,11H,5,10H2,(H,12,13);2-3,6H,5H2,1H3,(H,7,8);3-8H,1-2H2/t;;3-,4+. The van der Waals surface area contributed by atoms with Gasteiger partial charge in [0.1, 0.15) is 30.0 Å². The van der Waals surface area contributed by atoms with E-state index in [0.29, 0.717) is 0 Å². The van der Waals surface area contributed by atoms with Gasteiger partial charge in [0.15, 0.2) is 0 Å². The zero-order valence-electron chi connectivity index (χ0n) is 15.9. The minimum absolute atomic E-state index is 0.160. The van der Waals surface area contributed by atoms with E-state index in [1.807, 2.05) is 0 Å². The van der Waals surface area contributed by atoms with Gasteiger partial charge in [0.25, 0.3) is 0 Å². The van der Waals surface area contributed by atoms with Gasteiger partial charge in [0.05, 0.1) is 19.3 Å². The van der Waals surface area contributed by atoms with Crippen molar-refractivity contribution in [2.24, 2.45) is 11.5 Å². The van der Waals surface area contributed by atoms with Crippen molar-refractivity contribution in [1.82, 2.24) is 0 Å². The average molecular weight is 422 g/mol. The van der Waals surface area contributed by atoms with Gasteiger partial charge in [-0.05, 0) is 31.0 Å². The first-order valence-corrected chi connectivity index (χ1v) is 8.37. The topological polar surface area (TPSA) is 248 Å². The number of hydrogen-bond donors (Lipinski definition) is 10. The van der Waals surface area contributed by atoms with Crippen molar-refractivity contribution in [3.05, 3.63) is 29.8 Å². The maximum atomic E-state index is 10.4. The molecule has 0 bridgehead atoms. The molecule has 12 N–H and O–H groups in total. The molecule has 0 heterocycles. The summed E-state index contributed by atoms with van der Waals surface area (Å²) in [5.41, 5.74) is 11.0. The fourth-order valence-electron chi connectivity index (χ4n) is 1.42. The van der Waals surface area contributed by atoms with Gasteiger partial charge in [0, 0.05) is 0 Å². The van der Waals surface area contributed by atoms with E-state index in [2.05, 4.69) is 0 Å². The first kappa shape index (κ1) is 28.9. The summed E-state index contributed by atoms with van der Waals surface area (Å²) in [5, 5.41) is 67.2. The number of carboxylic acids is 2. The molecular formula is C17H30N2O10. The molecule has 1 aromatic rings. The van der Waals surface area contributed by atoms with Crippen LogP contribution in [0.5, 0.6) is 5.75 Å². The number of phenolic OH excluding ortho intramolecular Hbond substituents is 1. The molecule has 0 saturated carbocycles. The van der Waals surface area contributed by atoms with Crippen LogP contribution in [-0.2, 0) is 16.0 Å². The van der Waals surface area contributed by atoms with Crippen LogP contribution in [0.1, 0.15) is 12.5 Å². The van der Waals surface area contributed by atoms with E-state index in [-0.39, 0.29) is 12.2 Å². The van der Waals surface area contributed by atoms with E-state index >= 15 is 0 Å². The van der Waals surface area contributed by atoms with Crippen LogP contribution >= 0.6 is 0 Å². The SMILES string of the molecule is CC(O)C(N)C(=O)O.NC(Cc1ccc(O)cc1)C(=O)O.OC[C@@H](O)[C@@H](O)CO. The largest absolute Gasteiger partial charge is 0.508 e. The summed E-state index contributed by atoms with van der Waals surface area (Å²) in [6.07, 6.45) is -3.15. The van der Waals surface area contributed by atoms with Gasteiger partial charge in [0.2, 0.25) is 0 Å².